The first-order valence-electron chi connectivity index (χ1n) is 6.78. The molecule has 0 atom stereocenters. The zero-order valence-electron chi connectivity index (χ0n) is 12.0. The molecule has 0 bridgehead atoms. The van der Waals surface area contributed by atoms with Gasteiger partial charge in [-0.05, 0) is 30.3 Å². The molecule has 0 saturated heterocycles. The van der Waals surface area contributed by atoms with Gasteiger partial charge in [0.2, 0.25) is 0 Å². The van der Waals surface area contributed by atoms with E-state index in [1.165, 1.54) is 36.8 Å². The molecular formula is C16H10F3N3O2. The molecule has 0 unspecified atom stereocenters. The normalized spacial score (nSPS) is 11.3. The molecule has 0 aliphatic carbocycles. The van der Waals surface area contributed by atoms with Crippen LogP contribution in [0.1, 0.15) is 15.9 Å². The predicted molar refractivity (Wildman–Crippen MR) is 79.1 cm³/mol. The lowest BCUT2D eigenvalue weighted by Gasteiger charge is -2.07. The summed E-state index contributed by atoms with van der Waals surface area (Å²) in [5, 5.41) is 10.3. The Bertz CT molecular complexity index is 827. The van der Waals surface area contributed by atoms with Gasteiger partial charge in [-0.3, -0.25) is 4.79 Å². The number of halogens is 3. The van der Waals surface area contributed by atoms with Gasteiger partial charge in [-0.15, -0.1) is 10.2 Å². The number of alkyl halides is 3. The van der Waals surface area contributed by atoms with E-state index in [9.17, 15) is 18.0 Å². The zero-order valence-corrected chi connectivity index (χ0v) is 12.0. The first-order chi connectivity index (χ1) is 11.4. The van der Waals surface area contributed by atoms with E-state index in [0.717, 1.165) is 12.1 Å². The Balaban J connectivity index is 1.73. The van der Waals surface area contributed by atoms with E-state index in [-0.39, 0.29) is 5.82 Å². The SMILES string of the molecule is O=C(Nc1ccc(-c2ccc(C(F)(F)F)cc2)nn1)c1ccoc1. The van der Waals surface area contributed by atoms with Gasteiger partial charge in [0.15, 0.2) is 5.82 Å². The van der Waals surface area contributed by atoms with Gasteiger partial charge in [0.25, 0.3) is 5.91 Å². The third-order valence-electron chi connectivity index (χ3n) is 3.20. The van der Waals surface area contributed by atoms with Crippen molar-refractivity contribution < 1.29 is 22.4 Å². The van der Waals surface area contributed by atoms with Gasteiger partial charge in [-0.25, -0.2) is 0 Å². The molecule has 24 heavy (non-hydrogen) atoms. The van der Waals surface area contributed by atoms with Gasteiger partial charge < -0.3 is 9.73 Å². The highest BCUT2D eigenvalue weighted by atomic mass is 19.4. The predicted octanol–water partition coefficient (Wildman–Crippen LogP) is 4.01. The highest BCUT2D eigenvalue weighted by Crippen LogP contribution is 2.30. The van der Waals surface area contributed by atoms with E-state index in [4.69, 9.17) is 4.42 Å². The summed E-state index contributed by atoms with van der Waals surface area (Å²) in [6.45, 7) is 0. The molecule has 2 heterocycles. The highest BCUT2D eigenvalue weighted by molar-refractivity contribution is 6.03. The van der Waals surface area contributed by atoms with Crippen molar-refractivity contribution >= 4 is 11.7 Å². The lowest BCUT2D eigenvalue weighted by atomic mass is 10.1. The molecular weight excluding hydrogens is 323 g/mol. The molecule has 2 aromatic heterocycles. The van der Waals surface area contributed by atoms with E-state index in [1.54, 1.807) is 6.07 Å². The molecule has 122 valence electrons. The number of rotatable bonds is 3. The van der Waals surface area contributed by atoms with Crippen molar-refractivity contribution in [3.8, 4) is 11.3 Å². The summed E-state index contributed by atoms with van der Waals surface area (Å²) in [4.78, 5) is 11.8. The summed E-state index contributed by atoms with van der Waals surface area (Å²) >= 11 is 0. The zero-order chi connectivity index (χ0) is 17.2. The third-order valence-corrected chi connectivity index (χ3v) is 3.20. The van der Waals surface area contributed by atoms with E-state index in [2.05, 4.69) is 15.5 Å². The first-order valence-corrected chi connectivity index (χ1v) is 6.78. The van der Waals surface area contributed by atoms with Crippen LogP contribution >= 0.6 is 0 Å². The topological polar surface area (TPSA) is 68.0 Å². The molecule has 0 saturated carbocycles. The number of hydrogen-bond donors (Lipinski definition) is 1. The number of carbonyl (C=O) groups is 1. The number of hydrogen-bond acceptors (Lipinski definition) is 4. The minimum Gasteiger partial charge on any atom is -0.472 e. The van der Waals surface area contributed by atoms with Crippen LogP contribution < -0.4 is 5.32 Å². The Morgan fingerprint density at radius 3 is 2.29 bits per heavy atom. The minimum atomic E-state index is -4.38. The summed E-state index contributed by atoms with van der Waals surface area (Å²) in [5.41, 5.74) is 0.486. The fraction of sp³-hybridized carbons (Fsp3) is 0.0625. The average Bonchev–Trinajstić information content (AvgIpc) is 3.09. The summed E-state index contributed by atoms with van der Waals surface area (Å²) in [7, 11) is 0. The summed E-state index contributed by atoms with van der Waals surface area (Å²) in [5.74, 6) is -0.183. The van der Waals surface area contributed by atoms with Crippen molar-refractivity contribution in [1.29, 1.82) is 0 Å². The Hall–Kier alpha value is -3.16. The Morgan fingerprint density at radius 1 is 1.00 bits per heavy atom. The molecule has 0 radical (unpaired) electrons. The van der Waals surface area contributed by atoms with E-state index < -0.39 is 17.6 Å². The number of aromatic nitrogens is 2. The summed E-state index contributed by atoms with van der Waals surface area (Å²) in [6.07, 6.45) is -1.72. The molecule has 1 amide bonds. The standard InChI is InChI=1S/C16H10F3N3O2/c17-16(18,19)12-3-1-10(2-4-12)13-5-6-14(22-21-13)20-15(23)11-7-8-24-9-11/h1-9H,(H,20,22,23). The van der Waals surface area contributed by atoms with E-state index in [0.29, 0.717) is 16.8 Å². The quantitative estimate of drug-likeness (QED) is 0.786. The average molecular weight is 333 g/mol. The van der Waals surface area contributed by atoms with Crippen LogP contribution in [0.3, 0.4) is 0 Å². The van der Waals surface area contributed by atoms with Crippen LogP contribution in [0.4, 0.5) is 19.0 Å². The molecule has 3 aromatic rings. The number of anilines is 1. The molecule has 8 heteroatoms. The van der Waals surface area contributed by atoms with Crippen LogP contribution in [-0.2, 0) is 6.18 Å². The maximum atomic E-state index is 12.5. The maximum absolute atomic E-state index is 12.5. The van der Waals surface area contributed by atoms with Crippen LogP contribution in [-0.4, -0.2) is 16.1 Å². The largest absolute Gasteiger partial charge is 0.472 e. The molecule has 0 aliphatic rings. The second-order valence-electron chi connectivity index (χ2n) is 4.85. The maximum Gasteiger partial charge on any atom is 0.416 e. The van der Waals surface area contributed by atoms with E-state index >= 15 is 0 Å². The molecule has 0 fully saturated rings. The van der Waals surface area contributed by atoms with Crippen molar-refractivity contribution in [2.75, 3.05) is 5.32 Å². The first kappa shape index (κ1) is 15.7. The smallest absolute Gasteiger partial charge is 0.416 e. The monoisotopic (exact) mass is 333 g/mol. The molecule has 1 aromatic carbocycles. The van der Waals surface area contributed by atoms with Crippen LogP contribution in [0, 0.1) is 0 Å². The summed E-state index contributed by atoms with van der Waals surface area (Å²) < 4.78 is 42.4. The van der Waals surface area contributed by atoms with Crippen LogP contribution in [0.2, 0.25) is 0 Å². The molecule has 0 spiro atoms. The Morgan fingerprint density at radius 2 is 1.75 bits per heavy atom. The molecule has 3 rings (SSSR count). The number of benzene rings is 1. The third kappa shape index (κ3) is 3.43. The highest BCUT2D eigenvalue weighted by Gasteiger charge is 2.30. The number of carbonyl (C=O) groups excluding carboxylic acids is 1. The number of nitrogens with zero attached hydrogens (tertiary/aromatic N) is 2. The fourth-order valence-corrected chi connectivity index (χ4v) is 1.97. The second-order valence-corrected chi connectivity index (χ2v) is 4.85. The Labute approximate surface area is 134 Å². The van der Waals surface area contributed by atoms with Gasteiger partial charge in [0.1, 0.15) is 6.26 Å². The lowest BCUT2D eigenvalue weighted by molar-refractivity contribution is -0.137. The van der Waals surface area contributed by atoms with Gasteiger partial charge in [-0.2, -0.15) is 13.2 Å². The van der Waals surface area contributed by atoms with Crippen LogP contribution in [0.5, 0.6) is 0 Å². The van der Waals surface area contributed by atoms with E-state index in [1.807, 2.05) is 0 Å². The van der Waals surface area contributed by atoms with Crippen molar-refractivity contribution in [2.24, 2.45) is 0 Å². The van der Waals surface area contributed by atoms with Gasteiger partial charge in [0.05, 0.1) is 23.1 Å². The van der Waals surface area contributed by atoms with Gasteiger partial charge >= 0.3 is 6.18 Å². The second kappa shape index (κ2) is 6.15. The van der Waals surface area contributed by atoms with Crippen molar-refractivity contribution in [3.63, 3.8) is 0 Å². The van der Waals surface area contributed by atoms with Crippen LogP contribution in [0.15, 0.2) is 59.4 Å². The van der Waals surface area contributed by atoms with Crippen molar-refractivity contribution in [2.45, 2.75) is 6.18 Å². The fourth-order valence-electron chi connectivity index (χ4n) is 1.97. The number of furan rings is 1. The number of nitrogens with one attached hydrogen (secondary N) is 1. The molecule has 1 N–H and O–H groups in total. The number of amides is 1. The van der Waals surface area contributed by atoms with Gasteiger partial charge in [0, 0.05) is 5.56 Å². The molecule has 0 aliphatic heterocycles. The van der Waals surface area contributed by atoms with Crippen molar-refractivity contribution in [1.82, 2.24) is 10.2 Å². The van der Waals surface area contributed by atoms with Crippen LogP contribution in [0.25, 0.3) is 11.3 Å². The van der Waals surface area contributed by atoms with Crippen molar-refractivity contribution in [3.05, 3.63) is 66.1 Å². The Kier molecular flexibility index (Phi) is 4.03. The summed E-state index contributed by atoms with van der Waals surface area (Å²) in [6, 6.07) is 9.15. The molecule has 5 nitrogen and oxygen atoms in total. The minimum absolute atomic E-state index is 0.219. The lowest BCUT2D eigenvalue weighted by Crippen LogP contribution is -2.12. The van der Waals surface area contributed by atoms with Gasteiger partial charge in [-0.1, -0.05) is 12.1 Å².